The van der Waals surface area contributed by atoms with Crippen molar-refractivity contribution in [2.75, 3.05) is 26.2 Å². The molecule has 0 amide bonds. The lowest BCUT2D eigenvalue weighted by Crippen LogP contribution is -2.39. The predicted octanol–water partition coefficient (Wildman–Crippen LogP) is 4.79. The van der Waals surface area contributed by atoms with Crippen molar-refractivity contribution >= 4 is 30.0 Å². The predicted molar refractivity (Wildman–Crippen MR) is 113 cm³/mol. The van der Waals surface area contributed by atoms with Gasteiger partial charge in [0.1, 0.15) is 18.1 Å². The number of carboxylic acids is 1. The number of nitrogens with zero attached hydrogens (tertiary/aromatic N) is 1. The molecular weight excluding hydrogens is 455 g/mol. The maximum Gasteiger partial charge on any atom is 0.387 e. The second-order valence-corrected chi connectivity index (χ2v) is 7.16. The van der Waals surface area contributed by atoms with Gasteiger partial charge >= 0.3 is 12.6 Å². The smallest absolute Gasteiger partial charge is 0.387 e. The Bertz CT molecular complexity index is 854. The van der Waals surface area contributed by atoms with Gasteiger partial charge in [-0.2, -0.15) is 8.78 Å². The van der Waals surface area contributed by atoms with Crippen molar-refractivity contribution in [3.8, 4) is 11.5 Å². The van der Waals surface area contributed by atoms with Crippen LogP contribution in [0.25, 0.3) is 0 Å². The van der Waals surface area contributed by atoms with E-state index in [1.807, 2.05) is 12.1 Å². The minimum absolute atomic E-state index is 0. The zero-order valence-corrected chi connectivity index (χ0v) is 18.1. The summed E-state index contributed by atoms with van der Waals surface area (Å²) in [4.78, 5) is 12.8. The van der Waals surface area contributed by atoms with Gasteiger partial charge in [-0.15, -0.1) is 12.4 Å². The van der Waals surface area contributed by atoms with Crippen LogP contribution in [0.4, 0.5) is 8.78 Å². The van der Waals surface area contributed by atoms with Crippen LogP contribution in [0.15, 0.2) is 42.5 Å². The molecule has 31 heavy (non-hydrogen) atoms. The molecule has 3 rings (SSSR count). The monoisotopic (exact) mass is 477 g/mol. The second-order valence-electron chi connectivity index (χ2n) is 6.76. The topological polar surface area (TPSA) is 68.2 Å². The van der Waals surface area contributed by atoms with Crippen molar-refractivity contribution in [1.29, 1.82) is 0 Å². The van der Waals surface area contributed by atoms with E-state index in [0.29, 0.717) is 37.6 Å². The zero-order chi connectivity index (χ0) is 21.5. The van der Waals surface area contributed by atoms with Gasteiger partial charge in [0, 0.05) is 19.6 Å². The average molecular weight is 478 g/mol. The summed E-state index contributed by atoms with van der Waals surface area (Å²) in [6.45, 7) is -0.650. The van der Waals surface area contributed by atoms with Gasteiger partial charge in [0.25, 0.3) is 0 Å². The van der Waals surface area contributed by atoms with E-state index in [1.165, 1.54) is 12.1 Å². The highest BCUT2D eigenvalue weighted by Gasteiger charge is 2.22. The standard InChI is InChI=1S/C21H22ClF2NO5.ClH/c22-17-2-1-3-18(30-21(23)24)16(17)13-29-15-6-4-14(5-7-15)19-12-25(10-11-28-19)9-8-20(26)27;/h1-7,19,21H,8-13H2,(H,26,27);1H. The van der Waals surface area contributed by atoms with Crippen molar-refractivity contribution in [1.82, 2.24) is 4.90 Å². The van der Waals surface area contributed by atoms with Crippen LogP contribution in [-0.4, -0.2) is 48.8 Å². The minimum atomic E-state index is -2.95. The molecule has 1 unspecified atom stereocenters. The van der Waals surface area contributed by atoms with Gasteiger partial charge in [-0.3, -0.25) is 9.69 Å². The van der Waals surface area contributed by atoms with E-state index in [9.17, 15) is 13.6 Å². The van der Waals surface area contributed by atoms with Crippen molar-refractivity contribution in [2.45, 2.75) is 25.7 Å². The largest absolute Gasteiger partial charge is 0.489 e. The molecule has 6 nitrogen and oxygen atoms in total. The van der Waals surface area contributed by atoms with Gasteiger partial charge in [0.15, 0.2) is 0 Å². The van der Waals surface area contributed by atoms with Gasteiger partial charge in [-0.25, -0.2) is 0 Å². The normalized spacial score (nSPS) is 16.6. The van der Waals surface area contributed by atoms with E-state index in [-0.39, 0.29) is 42.3 Å². The third kappa shape index (κ3) is 7.50. The molecule has 0 bridgehead atoms. The van der Waals surface area contributed by atoms with E-state index in [1.54, 1.807) is 18.2 Å². The number of halogens is 4. The SMILES string of the molecule is Cl.O=C(O)CCN1CCOC(c2ccc(OCc3c(Cl)cccc3OC(F)F)cc2)C1. The van der Waals surface area contributed by atoms with Crippen LogP contribution in [0.5, 0.6) is 11.5 Å². The fourth-order valence-electron chi connectivity index (χ4n) is 3.18. The van der Waals surface area contributed by atoms with E-state index >= 15 is 0 Å². The first kappa shape index (κ1) is 25.1. The molecule has 170 valence electrons. The maximum absolute atomic E-state index is 12.6. The van der Waals surface area contributed by atoms with Crippen molar-refractivity contribution in [2.24, 2.45) is 0 Å². The highest BCUT2D eigenvalue weighted by Crippen LogP contribution is 2.30. The summed E-state index contributed by atoms with van der Waals surface area (Å²) < 4.78 is 41.2. The van der Waals surface area contributed by atoms with Gasteiger partial charge in [0.2, 0.25) is 0 Å². The van der Waals surface area contributed by atoms with Crippen molar-refractivity contribution < 1.29 is 32.9 Å². The van der Waals surface area contributed by atoms with Crippen LogP contribution in [0.2, 0.25) is 5.02 Å². The van der Waals surface area contributed by atoms with Gasteiger partial charge in [-0.1, -0.05) is 29.8 Å². The molecule has 2 aromatic carbocycles. The summed E-state index contributed by atoms with van der Waals surface area (Å²) in [6.07, 6.45) is -0.0603. The fourth-order valence-corrected chi connectivity index (χ4v) is 3.40. The maximum atomic E-state index is 12.6. The van der Waals surface area contributed by atoms with Crippen LogP contribution in [0, 0.1) is 0 Å². The molecule has 1 saturated heterocycles. The molecule has 0 radical (unpaired) electrons. The number of aliphatic carboxylic acids is 1. The molecule has 0 saturated carbocycles. The van der Waals surface area contributed by atoms with Crippen LogP contribution >= 0.6 is 24.0 Å². The first-order valence-corrected chi connectivity index (χ1v) is 9.81. The molecule has 1 atom stereocenters. The lowest BCUT2D eigenvalue weighted by molar-refractivity contribution is -0.137. The first-order chi connectivity index (χ1) is 14.4. The molecule has 0 aliphatic carbocycles. The number of ether oxygens (including phenoxy) is 3. The summed E-state index contributed by atoms with van der Waals surface area (Å²) in [6, 6.07) is 11.8. The Morgan fingerprint density at radius 1 is 1.26 bits per heavy atom. The molecule has 0 spiro atoms. The first-order valence-electron chi connectivity index (χ1n) is 9.43. The number of rotatable bonds is 9. The van der Waals surface area contributed by atoms with Crippen molar-refractivity contribution in [3.63, 3.8) is 0 Å². The number of morpholine rings is 1. The third-order valence-corrected chi connectivity index (χ3v) is 5.07. The third-order valence-electron chi connectivity index (χ3n) is 4.72. The number of carbonyl (C=O) groups is 1. The van der Waals surface area contributed by atoms with Gasteiger partial charge in [-0.05, 0) is 29.8 Å². The molecule has 10 heteroatoms. The van der Waals surface area contributed by atoms with Crippen LogP contribution in [0.1, 0.15) is 23.7 Å². The van der Waals surface area contributed by atoms with Gasteiger partial charge in [0.05, 0.1) is 29.7 Å². The number of alkyl halides is 2. The molecule has 1 fully saturated rings. The summed E-state index contributed by atoms with van der Waals surface area (Å²) in [5.74, 6) is -0.299. The number of hydrogen-bond acceptors (Lipinski definition) is 5. The number of carboxylic acid groups (broad SMARTS) is 1. The van der Waals surface area contributed by atoms with Crippen LogP contribution in [-0.2, 0) is 16.1 Å². The summed E-state index contributed by atoms with van der Waals surface area (Å²) in [7, 11) is 0. The number of hydrogen-bond donors (Lipinski definition) is 1. The fraction of sp³-hybridized carbons (Fsp3) is 0.381. The molecule has 1 aliphatic rings. The highest BCUT2D eigenvalue weighted by atomic mass is 35.5. The quantitative estimate of drug-likeness (QED) is 0.559. The Labute approximate surface area is 190 Å². The molecular formula is C21H23Cl2F2NO5. The van der Waals surface area contributed by atoms with Crippen molar-refractivity contribution in [3.05, 3.63) is 58.6 Å². The van der Waals surface area contributed by atoms with E-state index in [2.05, 4.69) is 9.64 Å². The minimum Gasteiger partial charge on any atom is -0.489 e. The van der Waals surface area contributed by atoms with Crippen LogP contribution in [0.3, 0.4) is 0 Å². The summed E-state index contributed by atoms with van der Waals surface area (Å²) in [5.41, 5.74) is 1.29. The Morgan fingerprint density at radius 3 is 2.68 bits per heavy atom. The van der Waals surface area contributed by atoms with E-state index in [4.69, 9.17) is 26.2 Å². The Morgan fingerprint density at radius 2 is 2.00 bits per heavy atom. The average Bonchev–Trinajstić information content (AvgIpc) is 2.72. The van der Waals surface area contributed by atoms with Crippen LogP contribution < -0.4 is 9.47 Å². The lowest BCUT2D eigenvalue weighted by Gasteiger charge is -2.32. The van der Waals surface area contributed by atoms with E-state index in [0.717, 1.165) is 5.56 Å². The Hall–Kier alpha value is -2.13. The molecule has 1 N–H and O–H groups in total. The lowest BCUT2D eigenvalue weighted by atomic mass is 10.1. The molecule has 0 aromatic heterocycles. The number of benzene rings is 2. The molecule has 1 aliphatic heterocycles. The summed E-state index contributed by atoms with van der Waals surface area (Å²) in [5, 5.41) is 9.12. The summed E-state index contributed by atoms with van der Waals surface area (Å²) >= 11 is 6.10. The molecule has 1 heterocycles. The highest BCUT2D eigenvalue weighted by molar-refractivity contribution is 6.31. The molecule has 2 aromatic rings. The van der Waals surface area contributed by atoms with Gasteiger partial charge < -0.3 is 19.3 Å². The van der Waals surface area contributed by atoms with E-state index < -0.39 is 12.6 Å². The Balaban J connectivity index is 0.00000341. The second kappa shape index (κ2) is 12.0. The Kier molecular flexibility index (Phi) is 9.77. The zero-order valence-electron chi connectivity index (χ0n) is 16.5.